The minimum absolute atomic E-state index is 0.00248. The third-order valence-corrected chi connectivity index (χ3v) is 4.26. The van der Waals surface area contributed by atoms with Crippen LogP contribution in [0.5, 0.6) is 0 Å². The minimum Gasteiger partial charge on any atom is -0.352 e. The molecule has 22 heavy (non-hydrogen) atoms. The van der Waals surface area contributed by atoms with Gasteiger partial charge in [-0.25, -0.2) is 4.98 Å². The van der Waals surface area contributed by atoms with E-state index in [-0.39, 0.29) is 24.1 Å². The van der Waals surface area contributed by atoms with E-state index in [1.807, 2.05) is 6.92 Å². The van der Waals surface area contributed by atoms with Crippen LogP contribution in [0.25, 0.3) is 11.0 Å². The molecule has 0 aromatic carbocycles. The lowest BCUT2D eigenvalue weighted by atomic mass is 9.95. The third kappa shape index (κ3) is 2.75. The predicted molar refractivity (Wildman–Crippen MR) is 82.5 cm³/mol. The zero-order valence-corrected chi connectivity index (χ0v) is 13.0. The summed E-state index contributed by atoms with van der Waals surface area (Å²) in [6, 6.07) is 0.243. The monoisotopic (exact) mass is 303 g/mol. The van der Waals surface area contributed by atoms with E-state index < -0.39 is 0 Å². The average Bonchev–Trinajstić information content (AvgIpc) is 2.78. The largest absolute Gasteiger partial charge is 0.352 e. The Kier molecular flexibility index (Phi) is 3.96. The van der Waals surface area contributed by atoms with Gasteiger partial charge in [0, 0.05) is 13.1 Å². The number of hydrogen-bond donors (Lipinski definition) is 1. The van der Waals surface area contributed by atoms with Crippen LogP contribution in [0.3, 0.4) is 0 Å². The molecule has 0 radical (unpaired) electrons. The van der Waals surface area contributed by atoms with Crippen molar-refractivity contribution in [3.63, 3.8) is 0 Å². The molecule has 0 spiro atoms. The summed E-state index contributed by atoms with van der Waals surface area (Å²) in [5, 5.41) is 7.22. The molecular formula is C15H21N5O2. The van der Waals surface area contributed by atoms with E-state index in [1.54, 1.807) is 7.05 Å². The van der Waals surface area contributed by atoms with E-state index in [0.29, 0.717) is 16.7 Å². The molecule has 3 rings (SSSR count). The molecular weight excluding hydrogens is 282 g/mol. The van der Waals surface area contributed by atoms with E-state index in [9.17, 15) is 9.59 Å². The molecule has 0 bridgehead atoms. The van der Waals surface area contributed by atoms with Gasteiger partial charge in [0.2, 0.25) is 5.91 Å². The molecule has 2 aromatic rings. The highest BCUT2D eigenvalue weighted by molar-refractivity contribution is 5.78. The first kappa shape index (κ1) is 14.7. The number of amides is 1. The third-order valence-electron chi connectivity index (χ3n) is 4.26. The van der Waals surface area contributed by atoms with Crippen LogP contribution in [0.15, 0.2) is 11.1 Å². The maximum absolute atomic E-state index is 12.5. The van der Waals surface area contributed by atoms with E-state index >= 15 is 0 Å². The Morgan fingerprint density at radius 1 is 1.36 bits per heavy atom. The second-order valence-electron chi connectivity index (χ2n) is 5.99. The zero-order chi connectivity index (χ0) is 15.7. The molecule has 1 aliphatic carbocycles. The van der Waals surface area contributed by atoms with Gasteiger partial charge < -0.3 is 5.32 Å². The van der Waals surface area contributed by atoms with Crippen LogP contribution in [-0.2, 0) is 18.4 Å². The Bertz CT molecular complexity index is 755. The summed E-state index contributed by atoms with van der Waals surface area (Å²) < 4.78 is 2.87. The highest BCUT2D eigenvalue weighted by atomic mass is 16.2. The molecule has 1 aliphatic rings. The van der Waals surface area contributed by atoms with Crippen molar-refractivity contribution in [2.45, 2.75) is 51.6 Å². The Hall–Kier alpha value is -2.18. The van der Waals surface area contributed by atoms with Crippen molar-refractivity contribution >= 4 is 16.9 Å². The number of rotatable bonds is 3. The predicted octanol–water partition coefficient (Wildman–Crippen LogP) is 0.887. The molecule has 7 heteroatoms. The number of nitrogens with one attached hydrogen (secondary N) is 1. The lowest BCUT2D eigenvalue weighted by molar-refractivity contribution is -0.122. The number of aryl methyl sites for hydroxylation is 2. The van der Waals surface area contributed by atoms with Gasteiger partial charge in [0.1, 0.15) is 12.1 Å². The van der Waals surface area contributed by atoms with Crippen molar-refractivity contribution in [1.82, 2.24) is 24.6 Å². The molecule has 2 aromatic heterocycles. The van der Waals surface area contributed by atoms with Crippen LogP contribution in [0, 0.1) is 6.92 Å². The summed E-state index contributed by atoms with van der Waals surface area (Å²) in [4.78, 5) is 28.9. The van der Waals surface area contributed by atoms with Crippen molar-refractivity contribution in [1.29, 1.82) is 0 Å². The van der Waals surface area contributed by atoms with Gasteiger partial charge in [-0.15, -0.1) is 0 Å². The molecule has 0 atom stereocenters. The van der Waals surface area contributed by atoms with Crippen molar-refractivity contribution in [2.24, 2.45) is 7.05 Å². The maximum Gasteiger partial charge on any atom is 0.279 e. The number of fused-ring (bicyclic) bond motifs is 1. The maximum atomic E-state index is 12.5. The van der Waals surface area contributed by atoms with Gasteiger partial charge in [0.25, 0.3) is 5.56 Å². The van der Waals surface area contributed by atoms with Crippen molar-refractivity contribution in [2.75, 3.05) is 0 Å². The second kappa shape index (κ2) is 5.90. The fourth-order valence-corrected chi connectivity index (χ4v) is 3.14. The van der Waals surface area contributed by atoms with Crippen LogP contribution >= 0.6 is 0 Å². The molecule has 0 saturated heterocycles. The van der Waals surface area contributed by atoms with Gasteiger partial charge in [-0.2, -0.15) is 5.10 Å². The Labute approximate surface area is 128 Å². The number of hydrogen-bond acceptors (Lipinski definition) is 4. The number of nitrogens with zero attached hydrogens (tertiary/aromatic N) is 4. The number of aromatic nitrogens is 4. The Balaban J connectivity index is 1.79. The summed E-state index contributed by atoms with van der Waals surface area (Å²) in [5.74, 6) is -0.131. The molecule has 1 saturated carbocycles. The molecule has 2 heterocycles. The summed E-state index contributed by atoms with van der Waals surface area (Å²) in [6.45, 7) is 1.82. The number of carbonyl (C=O) groups excluding carboxylic acids is 1. The highest BCUT2D eigenvalue weighted by Gasteiger charge is 2.17. The molecule has 0 unspecified atom stereocenters. The van der Waals surface area contributed by atoms with Crippen molar-refractivity contribution in [3.05, 3.63) is 22.4 Å². The summed E-state index contributed by atoms with van der Waals surface area (Å²) in [7, 11) is 1.71. The fraction of sp³-hybridized carbons (Fsp3) is 0.600. The van der Waals surface area contributed by atoms with Gasteiger partial charge in [-0.3, -0.25) is 18.8 Å². The lowest BCUT2D eigenvalue weighted by Gasteiger charge is -2.22. The van der Waals surface area contributed by atoms with Crippen LogP contribution in [-0.4, -0.2) is 31.3 Å². The van der Waals surface area contributed by atoms with Gasteiger partial charge in [0.15, 0.2) is 5.52 Å². The standard InChI is InChI=1S/C15H21N5O2/c1-10-13-14(19(2)18-10)15(22)20(9-16-13)8-12(21)17-11-6-4-3-5-7-11/h9,11H,3-8H2,1-2H3,(H,17,21). The Morgan fingerprint density at radius 2 is 2.09 bits per heavy atom. The normalized spacial score (nSPS) is 16.1. The molecule has 118 valence electrons. The smallest absolute Gasteiger partial charge is 0.279 e. The van der Waals surface area contributed by atoms with Crippen molar-refractivity contribution < 1.29 is 4.79 Å². The average molecular weight is 303 g/mol. The Morgan fingerprint density at radius 3 is 2.82 bits per heavy atom. The fourth-order valence-electron chi connectivity index (χ4n) is 3.14. The van der Waals surface area contributed by atoms with E-state index in [1.165, 1.54) is 22.0 Å². The molecule has 1 N–H and O–H groups in total. The first-order valence-corrected chi connectivity index (χ1v) is 7.74. The second-order valence-corrected chi connectivity index (χ2v) is 5.99. The molecule has 7 nitrogen and oxygen atoms in total. The summed E-state index contributed by atoms with van der Waals surface area (Å²) >= 11 is 0. The topological polar surface area (TPSA) is 81.8 Å². The van der Waals surface area contributed by atoms with Crippen LogP contribution in [0.1, 0.15) is 37.8 Å². The first-order chi connectivity index (χ1) is 10.6. The van der Waals surface area contributed by atoms with Gasteiger partial charge in [0.05, 0.1) is 12.0 Å². The molecule has 0 aliphatic heterocycles. The van der Waals surface area contributed by atoms with E-state index in [4.69, 9.17) is 0 Å². The molecule has 1 amide bonds. The van der Waals surface area contributed by atoms with Gasteiger partial charge >= 0.3 is 0 Å². The van der Waals surface area contributed by atoms with Crippen LogP contribution < -0.4 is 10.9 Å². The van der Waals surface area contributed by atoms with Gasteiger partial charge in [-0.05, 0) is 19.8 Å². The summed E-state index contributed by atoms with van der Waals surface area (Å²) in [6.07, 6.45) is 7.04. The summed E-state index contributed by atoms with van der Waals surface area (Å²) in [5.41, 5.74) is 1.52. The number of carbonyl (C=O) groups is 1. The van der Waals surface area contributed by atoms with E-state index in [2.05, 4.69) is 15.4 Å². The van der Waals surface area contributed by atoms with Crippen LogP contribution in [0.2, 0.25) is 0 Å². The minimum atomic E-state index is -0.230. The first-order valence-electron chi connectivity index (χ1n) is 7.74. The lowest BCUT2D eigenvalue weighted by Crippen LogP contribution is -2.40. The van der Waals surface area contributed by atoms with Crippen molar-refractivity contribution in [3.8, 4) is 0 Å². The SMILES string of the molecule is Cc1nn(C)c2c(=O)n(CC(=O)NC3CCCCC3)cnc12. The zero-order valence-electron chi connectivity index (χ0n) is 13.0. The molecule has 1 fully saturated rings. The van der Waals surface area contributed by atoms with Gasteiger partial charge in [-0.1, -0.05) is 19.3 Å². The highest BCUT2D eigenvalue weighted by Crippen LogP contribution is 2.17. The van der Waals surface area contributed by atoms with Crippen LogP contribution in [0.4, 0.5) is 0 Å². The van der Waals surface area contributed by atoms with E-state index in [0.717, 1.165) is 25.7 Å². The quantitative estimate of drug-likeness (QED) is 0.913.